The number of hydrogen-bond acceptors (Lipinski definition) is 14. The second-order valence-electron chi connectivity index (χ2n) is 10.1. The fourth-order valence-electron chi connectivity index (χ4n) is 4.27. The molecule has 0 aliphatic carbocycles. The van der Waals surface area contributed by atoms with Crippen LogP contribution in [0.25, 0.3) is 11.2 Å². The highest BCUT2D eigenvalue weighted by Gasteiger charge is 2.26. The first-order valence-electron chi connectivity index (χ1n) is 14.5. The summed E-state index contributed by atoms with van der Waals surface area (Å²) >= 11 is 0. The third-order valence-electron chi connectivity index (χ3n) is 6.59. The normalized spacial score (nSPS) is 12.6. The lowest BCUT2D eigenvalue weighted by atomic mass is 10.1. The van der Waals surface area contributed by atoms with E-state index in [0.717, 1.165) is 11.1 Å². The number of rotatable bonds is 19. The molecule has 17 heteroatoms. The van der Waals surface area contributed by atoms with Gasteiger partial charge in [-0.2, -0.15) is 0 Å². The fraction of sp³-hybridized carbons (Fsp3) is 0.367. The monoisotopic (exact) mass is 691 g/mol. The summed E-state index contributed by atoms with van der Waals surface area (Å²) in [6.45, 7) is -0.553. The molecule has 2 aromatic heterocycles. The lowest BCUT2D eigenvalue weighted by Gasteiger charge is -2.19. The third-order valence-corrected chi connectivity index (χ3v) is 8.24. The van der Waals surface area contributed by atoms with Gasteiger partial charge in [0.05, 0.1) is 26.1 Å². The first-order valence-corrected chi connectivity index (χ1v) is 16.3. The van der Waals surface area contributed by atoms with Crippen LogP contribution < -0.4 is 17.2 Å². The van der Waals surface area contributed by atoms with E-state index in [9.17, 15) is 14.2 Å². The Morgan fingerprint density at radius 3 is 1.83 bits per heavy atom. The molecule has 47 heavy (non-hydrogen) atoms. The van der Waals surface area contributed by atoms with Crippen molar-refractivity contribution in [2.75, 3.05) is 45.1 Å². The molecule has 0 amide bonds. The van der Waals surface area contributed by atoms with Gasteiger partial charge in [-0.25, -0.2) is 15.0 Å². The molecule has 6 N–H and O–H groups in total. The van der Waals surface area contributed by atoms with Crippen molar-refractivity contribution in [2.45, 2.75) is 31.5 Å². The zero-order valence-corrected chi connectivity index (χ0v) is 27.3. The molecule has 2 aromatic carbocycles. The minimum Gasteiger partial charge on any atom is -0.462 e. The second-order valence-corrected chi connectivity index (χ2v) is 12.1. The van der Waals surface area contributed by atoms with Gasteiger partial charge < -0.3 is 45.0 Å². The number of aromatic nitrogens is 4. The molecule has 0 aliphatic heterocycles. The molecule has 254 valence electrons. The number of ether oxygens (including phenoxy) is 3. The Morgan fingerprint density at radius 1 is 0.766 bits per heavy atom. The molecule has 0 aliphatic rings. The van der Waals surface area contributed by atoms with Crippen LogP contribution in [0, 0.1) is 0 Å². The van der Waals surface area contributed by atoms with Gasteiger partial charge in [0.25, 0.3) is 0 Å². The van der Waals surface area contributed by atoms with Gasteiger partial charge in [-0.15, -0.1) is 12.4 Å². The van der Waals surface area contributed by atoms with Crippen molar-refractivity contribution in [1.82, 2.24) is 19.5 Å². The van der Waals surface area contributed by atoms with Gasteiger partial charge >= 0.3 is 19.5 Å². The Labute approximate surface area is 278 Å². The minimum absolute atomic E-state index is 0. The first-order chi connectivity index (χ1) is 22.2. The van der Waals surface area contributed by atoms with Crippen molar-refractivity contribution in [3.8, 4) is 0 Å². The molecular weight excluding hydrogens is 653 g/mol. The van der Waals surface area contributed by atoms with Crippen LogP contribution in [0.3, 0.4) is 0 Å². The predicted octanol–water partition coefficient (Wildman–Crippen LogP) is 2.26. The van der Waals surface area contributed by atoms with E-state index in [1.807, 2.05) is 60.7 Å². The highest BCUT2D eigenvalue weighted by molar-refractivity contribution is 7.53. The predicted molar refractivity (Wildman–Crippen MR) is 175 cm³/mol. The zero-order valence-electron chi connectivity index (χ0n) is 25.6. The van der Waals surface area contributed by atoms with Gasteiger partial charge in [-0.1, -0.05) is 60.7 Å². The standard InChI is InChI=1S/C30H38N7O8P.ClH/c31-24(17-22-7-3-1-4-8-22)29(38)42-13-15-44-46(40,21-41-12-11-37-20-36-26-27(33)34-19-35-28(26)37)45-16-14-43-30(39)25(32)18-23-9-5-2-6-10-23;/h1-10,19-20,24-25H,11-18,21,31-32H2,(H2,33,34,35);1H/t24-,25-;/m0./s1. The number of esters is 2. The number of benzene rings is 2. The van der Waals surface area contributed by atoms with Crippen LogP contribution in [0.1, 0.15) is 11.1 Å². The number of nitrogen functional groups attached to an aromatic ring is 1. The largest absolute Gasteiger partial charge is 0.462 e. The SMILES string of the molecule is Cl.Nc1ncnc2c1ncn2CCOCP(=O)(OCCOC(=O)[C@@H](N)Cc1ccccc1)OCCOC(=O)[C@@H](N)Cc1ccccc1. The summed E-state index contributed by atoms with van der Waals surface area (Å²) in [6, 6.07) is 16.8. The molecule has 4 aromatic rings. The molecule has 2 atom stereocenters. The molecule has 0 unspecified atom stereocenters. The molecule has 15 nitrogen and oxygen atoms in total. The topological polar surface area (TPSA) is 219 Å². The van der Waals surface area contributed by atoms with Crippen LogP contribution in [-0.4, -0.2) is 82.9 Å². The lowest BCUT2D eigenvalue weighted by Crippen LogP contribution is -2.35. The van der Waals surface area contributed by atoms with Crippen LogP contribution in [0.15, 0.2) is 73.3 Å². The average molecular weight is 692 g/mol. The summed E-state index contributed by atoms with van der Waals surface area (Å²) in [5.74, 6) is -1.01. The number of hydrogen-bond donors (Lipinski definition) is 3. The van der Waals surface area contributed by atoms with Gasteiger partial charge in [0.15, 0.2) is 11.5 Å². The molecule has 4 rings (SSSR count). The van der Waals surface area contributed by atoms with Gasteiger partial charge in [-0.05, 0) is 24.0 Å². The minimum atomic E-state index is -3.90. The number of nitrogens with zero attached hydrogens (tertiary/aromatic N) is 4. The van der Waals surface area contributed by atoms with E-state index >= 15 is 0 Å². The summed E-state index contributed by atoms with van der Waals surface area (Å²) in [5, 5.41) is 0. The number of fused-ring (bicyclic) bond motifs is 1. The summed E-state index contributed by atoms with van der Waals surface area (Å²) < 4.78 is 42.3. The van der Waals surface area contributed by atoms with Crippen molar-refractivity contribution >= 4 is 48.9 Å². The molecule has 0 radical (unpaired) electrons. The molecule has 0 saturated heterocycles. The highest BCUT2D eigenvalue weighted by atomic mass is 35.5. The summed E-state index contributed by atoms with van der Waals surface area (Å²) in [5.41, 5.74) is 20.5. The lowest BCUT2D eigenvalue weighted by molar-refractivity contribution is -0.146. The van der Waals surface area contributed by atoms with Crippen LogP contribution >= 0.6 is 20.0 Å². The Balaban J connectivity index is 0.00000600. The van der Waals surface area contributed by atoms with Crippen molar-refractivity contribution in [2.24, 2.45) is 11.5 Å². The van der Waals surface area contributed by atoms with E-state index in [2.05, 4.69) is 15.0 Å². The number of carbonyl (C=O) groups excluding carboxylic acids is 2. The van der Waals surface area contributed by atoms with Crippen LogP contribution in [0.4, 0.5) is 5.82 Å². The molecule has 2 heterocycles. The average Bonchev–Trinajstić information content (AvgIpc) is 3.48. The van der Waals surface area contributed by atoms with E-state index in [0.29, 0.717) is 30.6 Å². The van der Waals surface area contributed by atoms with Crippen molar-refractivity contribution < 1.29 is 37.4 Å². The van der Waals surface area contributed by atoms with Crippen molar-refractivity contribution in [3.05, 3.63) is 84.4 Å². The Kier molecular flexibility index (Phi) is 15.2. The van der Waals surface area contributed by atoms with Gasteiger partial charge in [0, 0.05) is 6.54 Å². The maximum atomic E-state index is 13.5. The zero-order chi connectivity index (χ0) is 32.8. The first kappa shape index (κ1) is 37.5. The fourth-order valence-corrected chi connectivity index (χ4v) is 5.55. The molecule has 0 saturated carbocycles. The third kappa shape index (κ3) is 12.0. The summed E-state index contributed by atoms with van der Waals surface area (Å²) in [4.78, 5) is 37.0. The van der Waals surface area contributed by atoms with Gasteiger partial charge in [0.1, 0.15) is 43.5 Å². The second kappa shape index (κ2) is 19.0. The van der Waals surface area contributed by atoms with Crippen LogP contribution in [0.5, 0.6) is 0 Å². The molecule has 0 bridgehead atoms. The van der Waals surface area contributed by atoms with Crippen LogP contribution in [-0.2, 0) is 56.8 Å². The smallest absolute Gasteiger partial charge is 0.356 e. The van der Waals surface area contributed by atoms with E-state index in [1.54, 1.807) is 10.9 Å². The van der Waals surface area contributed by atoms with Crippen molar-refractivity contribution in [1.29, 1.82) is 0 Å². The van der Waals surface area contributed by atoms with E-state index < -0.39 is 38.0 Å². The Bertz CT molecular complexity index is 1530. The summed E-state index contributed by atoms with van der Waals surface area (Å²) in [6.07, 6.45) is 3.04. The van der Waals surface area contributed by atoms with Gasteiger partial charge in [-0.3, -0.25) is 14.2 Å². The Hall–Kier alpha value is -3.95. The van der Waals surface area contributed by atoms with Crippen LogP contribution in [0.2, 0.25) is 0 Å². The van der Waals surface area contributed by atoms with E-state index in [1.165, 1.54) is 6.33 Å². The number of carbonyl (C=O) groups is 2. The highest BCUT2D eigenvalue weighted by Crippen LogP contribution is 2.48. The maximum absolute atomic E-state index is 13.5. The van der Waals surface area contributed by atoms with Crippen molar-refractivity contribution in [3.63, 3.8) is 0 Å². The van der Waals surface area contributed by atoms with Gasteiger partial charge in [0.2, 0.25) is 0 Å². The summed E-state index contributed by atoms with van der Waals surface area (Å²) in [7, 11) is -3.90. The van der Waals surface area contributed by atoms with E-state index in [4.69, 9.17) is 40.5 Å². The van der Waals surface area contributed by atoms with E-state index in [-0.39, 0.29) is 51.3 Å². The number of imidazole rings is 1. The number of anilines is 1. The number of halogens is 1. The quantitative estimate of drug-likeness (QED) is 0.0730. The molecular formula is C30H39ClN7O8P. The molecule has 0 fully saturated rings. The number of nitrogens with two attached hydrogens (primary N) is 3. The maximum Gasteiger partial charge on any atom is 0.356 e. The molecule has 0 spiro atoms. The Morgan fingerprint density at radius 2 is 1.30 bits per heavy atom.